The summed E-state index contributed by atoms with van der Waals surface area (Å²) in [7, 11) is 0. The molecule has 4 aromatic heterocycles. The van der Waals surface area contributed by atoms with Crippen LogP contribution in [0.2, 0.25) is 0 Å². The highest BCUT2D eigenvalue weighted by Gasteiger charge is 2.40. The predicted molar refractivity (Wildman–Crippen MR) is 144 cm³/mol. The standard InChI is InChI=1S/C29H22F2N8/c30-22-10-17(11-23(31)28(22)38-15-18-12-19(38)13-34-18)25-6-9-33-29-26(20-2-1-3-24-21(20)14-35-36-24)27(37-39(25)29)16-4-7-32-8-5-16/h1-11,14,18-19,34H,12-13,15H2,(H,35,36)/t18-,19-/m0/s1. The Balaban J connectivity index is 1.34. The molecule has 39 heavy (non-hydrogen) atoms. The topological polar surface area (TPSA) is 87.0 Å². The molecule has 0 saturated carbocycles. The average molecular weight is 521 g/mol. The van der Waals surface area contributed by atoms with Crippen LogP contribution in [0.25, 0.3) is 50.2 Å². The van der Waals surface area contributed by atoms with Gasteiger partial charge in [0.25, 0.3) is 0 Å². The molecule has 2 saturated heterocycles. The minimum atomic E-state index is -0.576. The van der Waals surface area contributed by atoms with Crippen molar-refractivity contribution in [1.29, 1.82) is 0 Å². The first-order valence-electron chi connectivity index (χ1n) is 12.9. The van der Waals surface area contributed by atoms with Crippen molar-refractivity contribution >= 4 is 22.2 Å². The fraction of sp³-hybridized carbons (Fsp3) is 0.172. The molecule has 2 aliphatic heterocycles. The van der Waals surface area contributed by atoms with Gasteiger partial charge in [-0.05, 0) is 48.4 Å². The fourth-order valence-electron chi connectivity index (χ4n) is 6.13. The summed E-state index contributed by atoms with van der Waals surface area (Å²) >= 11 is 0. The summed E-state index contributed by atoms with van der Waals surface area (Å²) in [6.07, 6.45) is 7.75. The first kappa shape index (κ1) is 22.3. The zero-order valence-electron chi connectivity index (χ0n) is 20.6. The molecule has 8 rings (SSSR count). The molecule has 0 amide bonds. The largest absolute Gasteiger partial charge is 0.361 e. The molecule has 6 aromatic rings. The molecule has 2 N–H and O–H groups in total. The second kappa shape index (κ2) is 8.40. The summed E-state index contributed by atoms with van der Waals surface area (Å²) in [4.78, 5) is 10.7. The molecule has 8 nitrogen and oxygen atoms in total. The molecule has 0 unspecified atom stereocenters. The van der Waals surface area contributed by atoms with Crippen molar-refractivity contribution in [1.82, 2.24) is 35.1 Å². The van der Waals surface area contributed by atoms with Crippen LogP contribution in [0.15, 0.2) is 73.3 Å². The molecule has 6 heterocycles. The molecule has 2 bridgehead atoms. The number of nitrogens with zero attached hydrogens (tertiary/aromatic N) is 6. The number of pyridine rings is 1. The van der Waals surface area contributed by atoms with E-state index in [0.717, 1.165) is 40.6 Å². The Kier molecular flexibility index (Phi) is 4.80. The number of benzene rings is 2. The number of H-pyrrole nitrogens is 1. The average Bonchev–Trinajstić information content (AvgIpc) is 3.76. The maximum absolute atomic E-state index is 15.6. The van der Waals surface area contributed by atoms with Crippen LogP contribution in [-0.4, -0.2) is 55.0 Å². The Bertz CT molecular complexity index is 1860. The van der Waals surface area contributed by atoms with Gasteiger partial charge in [0.1, 0.15) is 23.0 Å². The highest BCUT2D eigenvalue weighted by molar-refractivity contribution is 6.02. The molecule has 0 spiro atoms. The zero-order valence-corrected chi connectivity index (χ0v) is 20.6. The lowest BCUT2D eigenvalue weighted by Gasteiger charge is -2.30. The second-order valence-corrected chi connectivity index (χ2v) is 10.1. The van der Waals surface area contributed by atoms with E-state index in [4.69, 9.17) is 5.10 Å². The van der Waals surface area contributed by atoms with E-state index in [1.54, 1.807) is 35.4 Å². The first-order chi connectivity index (χ1) is 19.2. The minimum Gasteiger partial charge on any atom is -0.361 e. The molecule has 2 fully saturated rings. The van der Waals surface area contributed by atoms with Gasteiger partial charge in [-0.3, -0.25) is 10.1 Å². The number of anilines is 1. The number of fused-ring (bicyclic) bond motifs is 4. The number of nitrogens with one attached hydrogen (secondary N) is 2. The summed E-state index contributed by atoms with van der Waals surface area (Å²) in [5.74, 6) is -1.15. The summed E-state index contributed by atoms with van der Waals surface area (Å²) in [6, 6.07) is 14.6. The Morgan fingerprint density at radius 2 is 1.79 bits per heavy atom. The van der Waals surface area contributed by atoms with Crippen molar-refractivity contribution in [3.8, 4) is 33.6 Å². The SMILES string of the molecule is Fc1cc(-c2ccnc3c(-c4cccc5[nH]ncc45)c(-c4ccncc4)nn23)cc(F)c1N1C[C@@H]2C[C@H]1CN2. The summed E-state index contributed by atoms with van der Waals surface area (Å²) in [5.41, 5.74) is 5.66. The molecule has 10 heteroatoms. The van der Waals surface area contributed by atoms with Gasteiger partial charge in [-0.1, -0.05) is 12.1 Å². The molecular formula is C29H22F2N8. The Labute approximate surface area is 221 Å². The highest BCUT2D eigenvalue weighted by atomic mass is 19.1. The van der Waals surface area contributed by atoms with Crippen LogP contribution in [0.4, 0.5) is 14.5 Å². The van der Waals surface area contributed by atoms with Gasteiger partial charge in [-0.2, -0.15) is 10.2 Å². The minimum absolute atomic E-state index is 0.0447. The zero-order chi connectivity index (χ0) is 26.1. The highest BCUT2D eigenvalue weighted by Crippen LogP contribution is 2.40. The number of hydrogen-bond donors (Lipinski definition) is 2. The molecule has 2 aliphatic rings. The molecule has 2 atom stereocenters. The van der Waals surface area contributed by atoms with E-state index in [1.807, 2.05) is 35.2 Å². The van der Waals surface area contributed by atoms with E-state index in [1.165, 1.54) is 12.1 Å². The van der Waals surface area contributed by atoms with Gasteiger partial charge < -0.3 is 10.2 Å². The number of aromatic nitrogens is 6. The molecular weight excluding hydrogens is 498 g/mol. The van der Waals surface area contributed by atoms with Crippen LogP contribution in [0.3, 0.4) is 0 Å². The second-order valence-electron chi connectivity index (χ2n) is 10.1. The van der Waals surface area contributed by atoms with E-state index in [9.17, 15) is 0 Å². The Morgan fingerprint density at radius 1 is 0.949 bits per heavy atom. The Hall–Kier alpha value is -4.70. The van der Waals surface area contributed by atoms with Crippen molar-refractivity contribution in [2.75, 3.05) is 18.0 Å². The van der Waals surface area contributed by atoms with Gasteiger partial charge in [0.15, 0.2) is 5.65 Å². The van der Waals surface area contributed by atoms with E-state index >= 15 is 8.78 Å². The maximum atomic E-state index is 15.6. The van der Waals surface area contributed by atoms with Gasteiger partial charge in [0.2, 0.25) is 0 Å². The van der Waals surface area contributed by atoms with Crippen LogP contribution < -0.4 is 10.2 Å². The van der Waals surface area contributed by atoms with Crippen LogP contribution in [0.5, 0.6) is 0 Å². The number of hydrogen-bond acceptors (Lipinski definition) is 6. The fourth-order valence-corrected chi connectivity index (χ4v) is 6.13. The van der Waals surface area contributed by atoms with Gasteiger partial charge in [-0.25, -0.2) is 18.3 Å². The lowest BCUT2D eigenvalue weighted by Crippen LogP contribution is -2.44. The third kappa shape index (κ3) is 3.38. The molecule has 192 valence electrons. The van der Waals surface area contributed by atoms with Crippen molar-refractivity contribution in [3.05, 3.63) is 85.0 Å². The third-order valence-electron chi connectivity index (χ3n) is 7.88. The van der Waals surface area contributed by atoms with Crippen molar-refractivity contribution in [3.63, 3.8) is 0 Å². The monoisotopic (exact) mass is 520 g/mol. The number of piperazine rings is 1. The van der Waals surface area contributed by atoms with Gasteiger partial charge in [0, 0.05) is 60.3 Å². The van der Waals surface area contributed by atoms with Crippen LogP contribution in [0, 0.1) is 11.6 Å². The summed E-state index contributed by atoms with van der Waals surface area (Å²) in [5, 5.41) is 16.5. The van der Waals surface area contributed by atoms with E-state index < -0.39 is 11.6 Å². The van der Waals surface area contributed by atoms with Crippen LogP contribution in [-0.2, 0) is 0 Å². The van der Waals surface area contributed by atoms with E-state index in [-0.39, 0.29) is 17.8 Å². The van der Waals surface area contributed by atoms with Crippen molar-refractivity contribution in [2.45, 2.75) is 18.5 Å². The van der Waals surface area contributed by atoms with Crippen molar-refractivity contribution < 1.29 is 8.78 Å². The van der Waals surface area contributed by atoms with Gasteiger partial charge in [-0.15, -0.1) is 0 Å². The smallest absolute Gasteiger partial charge is 0.164 e. The quantitative estimate of drug-likeness (QED) is 0.346. The summed E-state index contributed by atoms with van der Waals surface area (Å²) in [6.45, 7) is 1.35. The lowest BCUT2D eigenvalue weighted by molar-refractivity contribution is 0.535. The van der Waals surface area contributed by atoms with Gasteiger partial charge in [0.05, 0.1) is 23.0 Å². The predicted octanol–water partition coefficient (Wildman–Crippen LogP) is 4.83. The van der Waals surface area contributed by atoms with Crippen LogP contribution >= 0.6 is 0 Å². The lowest BCUT2D eigenvalue weighted by atomic mass is 9.99. The number of halogens is 2. The van der Waals surface area contributed by atoms with E-state index in [0.29, 0.717) is 29.1 Å². The van der Waals surface area contributed by atoms with E-state index in [2.05, 4.69) is 25.5 Å². The first-order valence-corrected chi connectivity index (χ1v) is 12.9. The van der Waals surface area contributed by atoms with Crippen molar-refractivity contribution in [2.24, 2.45) is 0 Å². The van der Waals surface area contributed by atoms with Crippen LogP contribution in [0.1, 0.15) is 6.42 Å². The third-order valence-corrected chi connectivity index (χ3v) is 7.88. The normalized spacial score (nSPS) is 18.6. The Morgan fingerprint density at radius 3 is 2.56 bits per heavy atom. The molecule has 0 radical (unpaired) electrons. The molecule has 0 aliphatic carbocycles. The molecule has 2 aromatic carbocycles. The summed E-state index contributed by atoms with van der Waals surface area (Å²) < 4.78 is 32.8. The number of rotatable bonds is 4. The van der Waals surface area contributed by atoms with Gasteiger partial charge >= 0.3 is 0 Å². The maximum Gasteiger partial charge on any atom is 0.164 e. The number of aromatic amines is 1.